The van der Waals surface area contributed by atoms with E-state index in [1.54, 1.807) is 0 Å². The Morgan fingerprint density at radius 3 is 2.06 bits per heavy atom. The van der Waals surface area contributed by atoms with Crippen LogP contribution in [0.15, 0.2) is 24.3 Å². The number of hydrogen-bond donors (Lipinski definition) is 1. The Balaban J connectivity index is 2.44. The monoisotopic (exact) mass is 217 g/mol. The summed E-state index contributed by atoms with van der Waals surface area (Å²) in [6.07, 6.45) is 0. The molecular formula is C15H23N. The largest absolute Gasteiger partial charge is 0.327 e. The number of hydrogen-bond acceptors (Lipinski definition) is 1. The second-order valence-corrected chi connectivity index (χ2v) is 6.66. The van der Waals surface area contributed by atoms with Crippen molar-refractivity contribution in [3.63, 3.8) is 0 Å². The second kappa shape index (κ2) is 3.33. The summed E-state index contributed by atoms with van der Waals surface area (Å²) in [5.41, 5.74) is 9.55. The van der Waals surface area contributed by atoms with Crippen LogP contribution in [0.1, 0.15) is 51.7 Å². The minimum absolute atomic E-state index is 0.203. The maximum absolute atomic E-state index is 6.19. The van der Waals surface area contributed by atoms with Crippen LogP contribution in [0, 0.1) is 5.41 Å². The molecule has 1 heteroatoms. The summed E-state index contributed by atoms with van der Waals surface area (Å²) in [7, 11) is 0. The average molecular weight is 217 g/mol. The molecule has 1 nitrogen and oxygen atoms in total. The van der Waals surface area contributed by atoms with Crippen molar-refractivity contribution in [2.75, 3.05) is 0 Å². The average Bonchev–Trinajstić information content (AvgIpc) is 2.65. The summed E-state index contributed by atoms with van der Waals surface area (Å²) in [5.74, 6) is 0.530. The van der Waals surface area contributed by atoms with Crippen molar-refractivity contribution in [3.05, 3.63) is 35.4 Å². The summed E-state index contributed by atoms with van der Waals surface area (Å²) >= 11 is 0. The molecule has 2 rings (SSSR count). The van der Waals surface area contributed by atoms with Gasteiger partial charge in [0.15, 0.2) is 0 Å². The Labute approximate surface area is 99.0 Å². The molecule has 0 unspecified atom stereocenters. The van der Waals surface area contributed by atoms with Crippen LogP contribution in [0.4, 0.5) is 0 Å². The van der Waals surface area contributed by atoms with Gasteiger partial charge in [-0.2, -0.15) is 0 Å². The lowest BCUT2D eigenvalue weighted by Crippen LogP contribution is -2.15. The first kappa shape index (κ1) is 11.7. The van der Waals surface area contributed by atoms with Gasteiger partial charge in [-0.3, -0.25) is 0 Å². The van der Waals surface area contributed by atoms with Crippen molar-refractivity contribution in [1.29, 1.82) is 0 Å². The predicted molar refractivity (Wildman–Crippen MR) is 69.6 cm³/mol. The molecule has 0 aromatic heterocycles. The SMILES string of the molecule is CC(C)(C)c1ccccc1[C@@H]1[C@@H](N)C1(C)C. The van der Waals surface area contributed by atoms with Gasteiger partial charge in [0.1, 0.15) is 0 Å². The molecule has 2 N–H and O–H groups in total. The minimum Gasteiger partial charge on any atom is -0.327 e. The van der Waals surface area contributed by atoms with Crippen LogP contribution < -0.4 is 5.73 Å². The van der Waals surface area contributed by atoms with Gasteiger partial charge in [-0.25, -0.2) is 0 Å². The number of nitrogens with two attached hydrogens (primary N) is 1. The van der Waals surface area contributed by atoms with Gasteiger partial charge in [-0.05, 0) is 22.0 Å². The van der Waals surface area contributed by atoms with Gasteiger partial charge >= 0.3 is 0 Å². The minimum atomic E-state index is 0.203. The molecule has 0 amide bonds. The molecule has 1 fully saturated rings. The van der Waals surface area contributed by atoms with Gasteiger partial charge in [0, 0.05) is 12.0 Å². The van der Waals surface area contributed by atoms with E-state index in [9.17, 15) is 0 Å². The summed E-state index contributed by atoms with van der Waals surface area (Å²) in [6, 6.07) is 9.07. The van der Waals surface area contributed by atoms with Crippen LogP contribution >= 0.6 is 0 Å². The normalized spacial score (nSPS) is 27.9. The van der Waals surface area contributed by atoms with Crippen molar-refractivity contribution >= 4 is 0 Å². The van der Waals surface area contributed by atoms with E-state index in [-0.39, 0.29) is 10.8 Å². The maximum atomic E-state index is 6.19. The molecule has 0 saturated heterocycles. The first-order chi connectivity index (χ1) is 7.26. The zero-order valence-electron chi connectivity index (χ0n) is 11.0. The first-order valence-corrected chi connectivity index (χ1v) is 6.11. The zero-order valence-corrected chi connectivity index (χ0v) is 11.0. The van der Waals surface area contributed by atoms with Gasteiger partial charge in [-0.1, -0.05) is 58.9 Å². The van der Waals surface area contributed by atoms with Gasteiger partial charge in [-0.15, -0.1) is 0 Å². The van der Waals surface area contributed by atoms with Crippen molar-refractivity contribution in [1.82, 2.24) is 0 Å². The molecule has 0 heterocycles. The molecule has 1 saturated carbocycles. The van der Waals surface area contributed by atoms with Crippen LogP contribution in [0.5, 0.6) is 0 Å². The van der Waals surface area contributed by atoms with Crippen LogP contribution in [-0.4, -0.2) is 6.04 Å². The summed E-state index contributed by atoms with van der Waals surface area (Å²) in [4.78, 5) is 0. The summed E-state index contributed by atoms with van der Waals surface area (Å²) in [6.45, 7) is 11.3. The molecule has 1 aliphatic carbocycles. The predicted octanol–water partition coefficient (Wildman–Crippen LogP) is 3.43. The molecule has 0 radical (unpaired) electrons. The van der Waals surface area contributed by atoms with Crippen molar-refractivity contribution < 1.29 is 0 Å². The van der Waals surface area contributed by atoms with E-state index < -0.39 is 0 Å². The molecule has 0 bridgehead atoms. The zero-order chi connectivity index (χ0) is 12.1. The van der Waals surface area contributed by atoms with E-state index >= 15 is 0 Å². The van der Waals surface area contributed by atoms with Crippen LogP contribution in [0.3, 0.4) is 0 Å². The Hall–Kier alpha value is -0.820. The lowest BCUT2D eigenvalue weighted by Gasteiger charge is -2.23. The summed E-state index contributed by atoms with van der Waals surface area (Å²) in [5, 5.41) is 0. The van der Waals surface area contributed by atoms with E-state index in [0.29, 0.717) is 12.0 Å². The Morgan fingerprint density at radius 2 is 1.62 bits per heavy atom. The number of benzene rings is 1. The van der Waals surface area contributed by atoms with E-state index in [1.165, 1.54) is 11.1 Å². The van der Waals surface area contributed by atoms with Crippen molar-refractivity contribution in [2.45, 2.75) is 52.0 Å². The molecule has 1 aromatic rings. The fourth-order valence-corrected chi connectivity index (χ4v) is 2.72. The Bertz CT molecular complexity index is 398. The lowest BCUT2D eigenvalue weighted by atomic mass is 9.81. The first-order valence-electron chi connectivity index (χ1n) is 6.11. The molecule has 0 aliphatic heterocycles. The third kappa shape index (κ3) is 1.67. The van der Waals surface area contributed by atoms with Crippen molar-refractivity contribution in [2.24, 2.45) is 11.1 Å². The van der Waals surface area contributed by atoms with Crippen LogP contribution in [0.2, 0.25) is 0 Å². The van der Waals surface area contributed by atoms with Gasteiger partial charge in [0.2, 0.25) is 0 Å². The van der Waals surface area contributed by atoms with Crippen LogP contribution in [-0.2, 0) is 5.41 Å². The fourth-order valence-electron chi connectivity index (χ4n) is 2.72. The highest BCUT2D eigenvalue weighted by atomic mass is 14.8. The van der Waals surface area contributed by atoms with Gasteiger partial charge < -0.3 is 5.73 Å². The standard InChI is InChI=1S/C15H23N/c1-14(2,3)11-9-7-6-8-10(11)12-13(16)15(12,4)5/h6-9,12-13H,16H2,1-5H3/t12-,13-/m1/s1. The highest BCUT2D eigenvalue weighted by Gasteiger charge is 2.56. The molecule has 0 spiro atoms. The molecule has 2 atom stereocenters. The van der Waals surface area contributed by atoms with E-state index in [1.807, 2.05) is 0 Å². The Kier molecular flexibility index (Phi) is 2.43. The van der Waals surface area contributed by atoms with Gasteiger partial charge in [0.25, 0.3) is 0 Å². The lowest BCUT2D eigenvalue weighted by molar-refractivity contribution is 0.566. The smallest absolute Gasteiger partial charge is 0.0172 e. The maximum Gasteiger partial charge on any atom is 0.0172 e. The van der Waals surface area contributed by atoms with E-state index in [4.69, 9.17) is 5.73 Å². The molecule has 16 heavy (non-hydrogen) atoms. The molecule has 1 aliphatic rings. The second-order valence-electron chi connectivity index (χ2n) is 6.66. The highest BCUT2D eigenvalue weighted by molar-refractivity contribution is 5.43. The molecule has 1 aromatic carbocycles. The third-order valence-corrected chi connectivity index (χ3v) is 4.01. The number of rotatable bonds is 1. The quantitative estimate of drug-likeness (QED) is 0.766. The van der Waals surface area contributed by atoms with Crippen molar-refractivity contribution in [3.8, 4) is 0 Å². The highest BCUT2D eigenvalue weighted by Crippen LogP contribution is 2.58. The Morgan fingerprint density at radius 1 is 1.12 bits per heavy atom. The fraction of sp³-hybridized carbons (Fsp3) is 0.600. The molecule has 88 valence electrons. The molecular weight excluding hydrogens is 194 g/mol. The van der Waals surface area contributed by atoms with Gasteiger partial charge in [0.05, 0.1) is 0 Å². The van der Waals surface area contributed by atoms with E-state index in [0.717, 1.165) is 0 Å². The van der Waals surface area contributed by atoms with Crippen LogP contribution in [0.25, 0.3) is 0 Å². The topological polar surface area (TPSA) is 26.0 Å². The van der Waals surface area contributed by atoms with E-state index in [2.05, 4.69) is 58.9 Å². The summed E-state index contributed by atoms with van der Waals surface area (Å²) < 4.78 is 0. The third-order valence-electron chi connectivity index (χ3n) is 4.01.